The van der Waals surface area contributed by atoms with Crippen molar-refractivity contribution in [3.8, 4) is 0 Å². The maximum absolute atomic E-state index is 5.37. The molecule has 0 fully saturated rings. The standard InChI is InChI=1S/C8H15N3O2/c1-6(12-2)4-10-8-11-7(3-9)5-13-8/h5-6H,3-4,9H2,1-2H3,(H,10,11). The minimum absolute atomic E-state index is 0.133. The van der Waals surface area contributed by atoms with Crippen molar-refractivity contribution in [2.45, 2.75) is 19.6 Å². The molecular weight excluding hydrogens is 170 g/mol. The molecule has 5 heteroatoms. The van der Waals surface area contributed by atoms with Gasteiger partial charge in [-0.3, -0.25) is 0 Å². The zero-order chi connectivity index (χ0) is 9.68. The number of oxazole rings is 1. The molecule has 1 heterocycles. The van der Waals surface area contributed by atoms with E-state index in [9.17, 15) is 0 Å². The first-order chi connectivity index (χ1) is 6.26. The van der Waals surface area contributed by atoms with Crippen LogP contribution >= 0.6 is 0 Å². The third-order valence-electron chi connectivity index (χ3n) is 1.70. The van der Waals surface area contributed by atoms with Crippen LogP contribution in [0.2, 0.25) is 0 Å². The molecule has 0 radical (unpaired) electrons. The minimum atomic E-state index is 0.133. The van der Waals surface area contributed by atoms with Gasteiger partial charge in [0.25, 0.3) is 6.01 Å². The van der Waals surface area contributed by atoms with E-state index in [2.05, 4.69) is 10.3 Å². The zero-order valence-corrected chi connectivity index (χ0v) is 7.91. The van der Waals surface area contributed by atoms with Gasteiger partial charge >= 0.3 is 0 Å². The fraction of sp³-hybridized carbons (Fsp3) is 0.625. The van der Waals surface area contributed by atoms with Crippen LogP contribution in [-0.2, 0) is 11.3 Å². The van der Waals surface area contributed by atoms with Gasteiger partial charge in [0.2, 0.25) is 0 Å². The summed E-state index contributed by atoms with van der Waals surface area (Å²) < 4.78 is 10.1. The molecule has 3 N–H and O–H groups in total. The lowest BCUT2D eigenvalue weighted by molar-refractivity contribution is 0.128. The van der Waals surface area contributed by atoms with Crippen LogP contribution in [0.4, 0.5) is 6.01 Å². The largest absolute Gasteiger partial charge is 0.432 e. The van der Waals surface area contributed by atoms with E-state index in [0.29, 0.717) is 19.1 Å². The highest BCUT2D eigenvalue weighted by atomic mass is 16.5. The van der Waals surface area contributed by atoms with Gasteiger partial charge in [0.05, 0.1) is 11.8 Å². The molecule has 5 nitrogen and oxygen atoms in total. The van der Waals surface area contributed by atoms with Crippen LogP contribution in [-0.4, -0.2) is 24.7 Å². The van der Waals surface area contributed by atoms with E-state index in [1.807, 2.05) is 6.92 Å². The average Bonchev–Trinajstić information content (AvgIpc) is 2.61. The number of nitrogens with zero attached hydrogens (tertiary/aromatic N) is 1. The third-order valence-corrected chi connectivity index (χ3v) is 1.70. The van der Waals surface area contributed by atoms with Gasteiger partial charge in [-0.15, -0.1) is 0 Å². The van der Waals surface area contributed by atoms with Crippen LogP contribution < -0.4 is 11.1 Å². The predicted octanol–water partition coefficient (Wildman–Crippen LogP) is 0.580. The van der Waals surface area contributed by atoms with E-state index in [1.54, 1.807) is 13.4 Å². The van der Waals surface area contributed by atoms with Gasteiger partial charge in [0, 0.05) is 20.2 Å². The number of aromatic nitrogens is 1. The lowest BCUT2D eigenvalue weighted by Gasteiger charge is -2.08. The van der Waals surface area contributed by atoms with E-state index in [0.717, 1.165) is 5.69 Å². The molecule has 1 rings (SSSR count). The fourth-order valence-electron chi connectivity index (χ4n) is 0.796. The second kappa shape index (κ2) is 4.84. The SMILES string of the molecule is COC(C)CNc1nc(CN)co1. The Labute approximate surface area is 77.3 Å². The molecule has 1 aromatic rings. The van der Waals surface area contributed by atoms with Gasteiger partial charge in [-0.2, -0.15) is 4.98 Å². The Morgan fingerprint density at radius 1 is 1.77 bits per heavy atom. The molecule has 13 heavy (non-hydrogen) atoms. The molecule has 1 aromatic heterocycles. The van der Waals surface area contributed by atoms with Crippen molar-refractivity contribution in [1.29, 1.82) is 0 Å². The Hall–Kier alpha value is -1.07. The smallest absolute Gasteiger partial charge is 0.294 e. The number of ether oxygens (including phenoxy) is 1. The maximum atomic E-state index is 5.37. The second-order valence-corrected chi connectivity index (χ2v) is 2.78. The molecule has 1 atom stereocenters. The summed E-state index contributed by atoms with van der Waals surface area (Å²) in [5.41, 5.74) is 6.11. The van der Waals surface area contributed by atoms with Crippen molar-refractivity contribution in [3.63, 3.8) is 0 Å². The highest BCUT2D eigenvalue weighted by molar-refractivity contribution is 5.21. The Morgan fingerprint density at radius 2 is 2.54 bits per heavy atom. The summed E-state index contributed by atoms with van der Waals surface area (Å²) in [5, 5.41) is 2.99. The van der Waals surface area contributed by atoms with E-state index >= 15 is 0 Å². The molecule has 0 amide bonds. The van der Waals surface area contributed by atoms with Crippen molar-refractivity contribution >= 4 is 6.01 Å². The van der Waals surface area contributed by atoms with Crippen LogP contribution in [0.15, 0.2) is 10.7 Å². The maximum Gasteiger partial charge on any atom is 0.294 e. The van der Waals surface area contributed by atoms with Crippen molar-refractivity contribution in [2.24, 2.45) is 5.73 Å². The van der Waals surface area contributed by atoms with Gasteiger partial charge in [-0.25, -0.2) is 0 Å². The Bertz CT molecular complexity index is 249. The summed E-state index contributed by atoms with van der Waals surface area (Å²) in [4.78, 5) is 4.08. The van der Waals surface area contributed by atoms with Crippen molar-refractivity contribution in [1.82, 2.24) is 4.98 Å². The van der Waals surface area contributed by atoms with Crippen molar-refractivity contribution in [3.05, 3.63) is 12.0 Å². The lowest BCUT2D eigenvalue weighted by atomic mass is 10.4. The van der Waals surface area contributed by atoms with Crippen LogP contribution in [0.5, 0.6) is 0 Å². The number of methoxy groups -OCH3 is 1. The molecule has 0 aliphatic carbocycles. The first-order valence-electron chi connectivity index (χ1n) is 4.17. The third kappa shape index (κ3) is 3.04. The number of hydrogen-bond donors (Lipinski definition) is 2. The highest BCUT2D eigenvalue weighted by Crippen LogP contribution is 2.06. The monoisotopic (exact) mass is 185 g/mol. The fourth-order valence-corrected chi connectivity index (χ4v) is 0.796. The Morgan fingerprint density at radius 3 is 3.08 bits per heavy atom. The van der Waals surface area contributed by atoms with E-state index in [1.165, 1.54) is 0 Å². The summed E-state index contributed by atoms with van der Waals surface area (Å²) in [5.74, 6) is 0. The van der Waals surface area contributed by atoms with Gasteiger partial charge in [0.15, 0.2) is 0 Å². The lowest BCUT2D eigenvalue weighted by Crippen LogP contribution is -2.18. The minimum Gasteiger partial charge on any atom is -0.432 e. The molecule has 74 valence electrons. The molecule has 0 aliphatic rings. The Kier molecular flexibility index (Phi) is 3.72. The van der Waals surface area contributed by atoms with E-state index in [-0.39, 0.29) is 6.10 Å². The molecule has 0 saturated carbocycles. The molecule has 0 aromatic carbocycles. The summed E-state index contributed by atoms with van der Waals surface area (Å²) >= 11 is 0. The van der Waals surface area contributed by atoms with Crippen LogP contribution in [0, 0.1) is 0 Å². The number of rotatable bonds is 5. The van der Waals surface area contributed by atoms with Crippen LogP contribution in [0.25, 0.3) is 0 Å². The molecule has 0 spiro atoms. The number of nitrogens with one attached hydrogen (secondary N) is 1. The van der Waals surface area contributed by atoms with E-state index < -0.39 is 0 Å². The number of nitrogens with two attached hydrogens (primary N) is 1. The second-order valence-electron chi connectivity index (χ2n) is 2.78. The van der Waals surface area contributed by atoms with Gasteiger partial charge in [-0.1, -0.05) is 0 Å². The first kappa shape index (κ1) is 10.0. The molecular formula is C8H15N3O2. The quantitative estimate of drug-likeness (QED) is 0.702. The summed E-state index contributed by atoms with van der Waals surface area (Å²) in [6.07, 6.45) is 1.67. The summed E-state index contributed by atoms with van der Waals surface area (Å²) in [6, 6.07) is 0.490. The first-order valence-corrected chi connectivity index (χ1v) is 4.17. The van der Waals surface area contributed by atoms with Crippen molar-refractivity contribution in [2.75, 3.05) is 19.0 Å². The molecule has 1 unspecified atom stereocenters. The normalized spacial score (nSPS) is 12.8. The molecule has 0 bridgehead atoms. The number of hydrogen-bond acceptors (Lipinski definition) is 5. The number of anilines is 1. The van der Waals surface area contributed by atoms with Crippen LogP contribution in [0.3, 0.4) is 0 Å². The molecule has 0 aliphatic heterocycles. The van der Waals surface area contributed by atoms with Gasteiger partial charge < -0.3 is 20.2 Å². The summed E-state index contributed by atoms with van der Waals surface area (Å²) in [6.45, 7) is 3.02. The van der Waals surface area contributed by atoms with E-state index in [4.69, 9.17) is 14.9 Å². The molecule has 0 saturated heterocycles. The van der Waals surface area contributed by atoms with Gasteiger partial charge in [-0.05, 0) is 6.92 Å². The highest BCUT2D eigenvalue weighted by Gasteiger charge is 2.03. The van der Waals surface area contributed by atoms with Crippen LogP contribution in [0.1, 0.15) is 12.6 Å². The zero-order valence-electron chi connectivity index (χ0n) is 7.91. The topological polar surface area (TPSA) is 73.3 Å². The van der Waals surface area contributed by atoms with Crippen molar-refractivity contribution < 1.29 is 9.15 Å². The average molecular weight is 185 g/mol. The summed E-state index contributed by atoms with van der Waals surface area (Å²) in [7, 11) is 1.66. The predicted molar refractivity (Wildman–Crippen MR) is 49.4 cm³/mol. The Balaban J connectivity index is 2.36. The van der Waals surface area contributed by atoms with Gasteiger partial charge in [0.1, 0.15) is 6.26 Å².